The van der Waals surface area contributed by atoms with Gasteiger partial charge in [-0.15, -0.1) is 0 Å². The summed E-state index contributed by atoms with van der Waals surface area (Å²) < 4.78 is 27.5. The van der Waals surface area contributed by atoms with Crippen LogP contribution in [0.2, 0.25) is 0 Å². The summed E-state index contributed by atoms with van der Waals surface area (Å²) >= 11 is 3.24. The maximum atomic E-state index is 13.9. The molecule has 0 amide bonds. The van der Waals surface area contributed by atoms with Crippen molar-refractivity contribution in [2.75, 3.05) is 0 Å². The van der Waals surface area contributed by atoms with E-state index in [9.17, 15) is 8.78 Å². The molecule has 106 valence electrons. The average molecular weight is 340 g/mol. The number of benzene rings is 2. The number of halogens is 3. The van der Waals surface area contributed by atoms with Crippen molar-refractivity contribution in [1.82, 2.24) is 5.32 Å². The van der Waals surface area contributed by atoms with E-state index in [4.69, 9.17) is 0 Å². The van der Waals surface area contributed by atoms with Gasteiger partial charge in [-0.2, -0.15) is 0 Å². The Morgan fingerprint density at radius 3 is 2.20 bits per heavy atom. The highest BCUT2D eigenvalue weighted by Gasteiger charge is 2.14. The number of hydrogen-bond donors (Lipinski definition) is 1. The van der Waals surface area contributed by atoms with Gasteiger partial charge in [-0.05, 0) is 43.7 Å². The standard InChI is InChI=1S/C16H16BrF2N/c1-10(12-3-6-14(18)7-4-12)20-11(2)15-8-5-13(17)9-16(15)19/h3-11,20H,1-2H3. The van der Waals surface area contributed by atoms with Crippen molar-refractivity contribution in [3.05, 3.63) is 69.7 Å². The van der Waals surface area contributed by atoms with E-state index in [1.165, 1.54) is 18.2 Å². The van der Waals surface area contributed by atoms with Crippen molar-refractivity contribution < 1.29 is 8.78 Å². The Kier molecular flexibility index (Phi) is 4.89. The maximum Gasteiger partial charge on any atom is 0.129 e. The van der Waals surface area contributed by atoms with Crippen LogP contribution in [0.15, 0.2) is 46.9 Å². The first-order valence-corrected chi connectivity index (χ1v) is 7.23. The third-order valence-electron chi connectivity index (χ3n) is 3.30. The minimum Gasteiger partial charge on any atom is -0.304 e. The molecule has 0 aromatic heterocycles. The van der Waals surface area contributed by atoms with E-state index in [1.54, 1.807) is 18.2 Å². The largest absolute Gasteiger partial charge is 0.304 e. The molecule has 0 aliphatic carbocycles. The molecule has 2 atom stereocenters. The second kappa shape index (κ2) is 6.46. The van der Waals surface area contributed by atoms with Crippen molar-refractivity contribution in [3.63, 3.8) is 0 Å². The van der Waals surface area contributed by atoms with E-state index >= 15 is 0 Å². The molecule has 0 aliphatic heterocycles. The van der Waals surface area contributed by atoms with Gasteiger partial charge in [0.25, 0.3) is 0 Å². The second-order valence-electron chi connectivity index (χ2n) is 4.83. The molecule has 0 aliphatic rings. The Morgan fingerprint density at radius 2 is 1.60 bits per heavy atom. The first-order chi connectivity index (χ1) is 9.47. The normalized spacial score (nSPS) is 14.1. The fourth-order valence-electron chi connectivity index (χ4n) is 2.17. The van der Waals surface area contributed by atoms with Gasteiger partial charge in [0.2, 0.25) is 0 Å². The van der Waals surface area contributed by atoms with E-state index in [0.29, 0.717) is 5.56 Å². The maximum absolute atomic E-state index is 13.9. The molecule has 0 saturated heterocycles. The molecule has 0 heterocycles. The van der Waals surface area contributed by atoms with Crippen molar-refractivity contribution in [3.8, 4) is 0 Å². The minimum absolute atomic E-state index is 0.00801. The highest BCUT2D eigenvalue weighted by atomic mass is 79.9. The van der Waals surface area contributed by atoms with Gasteiger partial charge in [0.1, 0.15) is 11.6 Å². The molecule has 2 aromatic carbocycles. The van der Waals surface area contributed by atoms with Crippen LogP contribution in [-0.4, -0.2) is 0 Å². The summed E-state index contributed by atoms with van der Waals surface area (Å²) in [5.41, 5.74) is 1.58. The average Bonchev–Trinajstić information content (AvgIpc) is 2.39. The monoisotopic (exact) mass is 339 g/mol. The van der Waals surface area contributed by atoms with Crippen LogP contribution in [0, 0.1) is 11.6 Å². The molecule has 2 unspecified atom stereocenters. The van der Waals surface area contributed by atoms with Crippen LogP contribution in [0.4, 0.5) is 8.78 Å². The molecular formula is C16H16BrF2N. The molecule has 1 N–H and O–H groups in total. The Bertz CT molecular complexity index is 584. The molecule has 0 radical (unpaired) electrons. The summed E-state index contributed by atoms with van der Waals surface area (Å²) in [6.45, 7) is 3.88. The SMILES string of the molecule is CC(NC(C)c1ccc(Br)cc1F)c1ccc(F)cc1. The van der Waals surface area contributed by atoms with Gasteiger partial charge in [0.15, 0.2) is 0 Å². The highest BCUT2D eigenvalue weighted by molar-refractivity contribution is 9.10. The number of rotatable bonds is 4. The number of nitrogens with one attached hydrogen (secondary N) is 1. The predicted octanol–water partition coefficient (Wildman–Crippen LogP) is 5.14. The zero-order valence-corrected chi connectivity index (χ0v) is 12.9. The minimum atomic E-state index is -0.257. The lowest BCUT2D eigenvalue weighted by atomic mass is 10.0. The van der Waals surface area contributed by atoms with Crippen LogP contribution in [0.25, 0.3) is 0 Å². The first-order valence-electron chi connectivity index (χ1n) is 6.44. The van der Waals surface area contributed by atoms with Crippen molar-refractivity contribution in [2.45, 2.75) is 25.9 Å². The third kappa shape index (κ3) is 3.64. The molecule has 4 heteroatoms. The van der Waals surface area contributed by atoms with E-state index in [2.05, 4.69) is 21.2 Å². The fourth-order valence-corrected chi connectivity index (χ4v) is 2.50. The summed E-state index contributed by atoms with van der Waals surface area (Å²) in [6.07, 6.45) is 0. The Morgan fingerprint density at radius 1 is 0.950 bits per heavy atom. The Hall–Kier alpha value is -1.26. The van der Waals surface area contributed by atoms with Crippen molar-refractivity contribution in [1.29, 1.82) is 0 Å². The van der Waals surface area contributed by atoms with Crippen LogP contribution in [0.3, 0.4) is 0 Å². The second-order valence-corrected chi connectivity index (χ2v) is 5.74. The molecule has 2 aromatic rings. The quantitative estimate of drug-likeness (QED) is 0.813. The van der Waals surface area contributed by atoms with Gasteiger partial charge in [-0.3, -0.25) is 0 Å². The lowest BCUT2D eigenvalue weighted by Gasteiger charge is -2.21. The van der Waals surface area contributed by atoms with Gasteiger partial charge in [0, 0.05) is 22.1 Å². The molecule has 0 bridgehead atoms. The van der Waals surface area contributed by atoms with Crippen LogP contribution >= 0.6 is 15.9 Å². The summed E-state index contributed by atoms with van der Waals surface area (Å²) in [6, 6.07) is 11.2. The summed E-state index contributed by atoms with van der Waals surface area (Å²) in [7, 11) is 0. The first kappa shape index (κ1) is 15.1. The Labute approximate surface area is 126 Å². The third-order valence-corrected chi connectivity index (χ3v) is 3.79. The van der Waals surface area contributed by atoms with E-state index in [-0.39, 0.29) is 23.7 Å². The lowest BCUT2D eigenvalue weighted by molar-refractivity contribution is 0.473. The summed E-state index contributed by atoms with van der Waals surface area (Å²) in [5.74, 6) is -0.501. The van der Waals surface area contributed by atoms with E-state index in [1.807, 2.05) is 19.9 Å². The fraction of sp³-hybridized carbons (Fsp3) is 0.250. The van der Waals surface area contributed by atoms with Crippen LogP contribution in [0.5, 0.6) is 0 Å². The zero-order valence-electron chi connectivity index (χ0n) is 11.3. The van der Waals surface area contributed by atoms with Gasteiger partial charge in [-0.25, -0.2) is 8.78 Å². The highest BCUT2D eigenvalue weighted by Crippen LogP contribution is 2.24. The van der Waals surface area contributed by atoms with Gasteiger partial charge < -0.3 is 5.32 Å². The number of hydrogen-bond acceptors (Lipinski definition) is 1. The molecule has 0 saturated carbocycles. The van der Waals surface area contributed by atoms with Gasteiger partial charge in [0.05, 0.1) is 0 Å². The van der Waals surface area contributed by atoms with Crippen molar-refractivity contribution in [2.24, 2.45) is 0 Å². The molecule has 2 rings (SSSR count). The molecule has 0 spiro atoms. The van der Waals surface area contributed by atoms with E-state index < -0.39 is 0 Å². The van der Waals surface area contributed by atoms with Crippen LogP contribution < -0.4 is 5.32 Å². The van der Waals surface area contributed by atoms with Gasteiger partial charge in [-0.1, -0.05) is 34.1 Å². The Balaban J connectivity index is 2.10. The molecular weight excluding hydrogens is 324 g/mol. The van der Waals surface area contributed by atoms with Crippen molar-refractivity contribution >= 4 is 15.9 Å². The molecule has 0 fully saturated rings. The zero-order chi connectivity index (χ0) is 14.7. The van der Waals surface area contributed by atoms with Crippen LogP contribution in [0.1, 0.15) is 37.1 Å². The van der Waals surface area contributed by atoms with E-state index in [0.717, 1.165) is 10.0 Å². The summed E-state index contributed by atoms with van der Waals surface area (Å²) in [4.78, 5) is 0. The smallest absolute Gasteiger partial charge is 0.129 e. The molecule has 1 nitrogen and oxygen atoms in total. The summed E-state index contributed by atoms with van der Waals surface area (Å²) in [5, 5.41) is 3.31. The lowest BCUT2D eigenvalue weighted by Crippen LogP contribution is -2.23. The predicted molar refractivity (Wildman–Crippen MR) is 80.5 cm³/mol. The topological polar surface area (TPSA) is 12.0 Å². The van der Waals surface area contributed by atoms with Gasteiger partial charge >= 0.3 is 0 Å². The van der Waals surface area contributed by atoms with Crippen LogP contribution in [-0.2, 0) is 0 Å². The molecule has 20 heavy (non-hydrogen) atoms.